The van der Waals surface area contributed by atoms with E-state index in [0.717, 1.165) is 5.56 Å². The van der Waals surface area contributed by atoms with E-state index >= 15 is 0 Å². The topological polar surface area (TPSA) is 29.6 Å². The van der Waals surface area contributed by atoms with Crippen LogP contribution in [0.1, 0.15) is 27.6 Å². The number of hydrogen-bond donors (Lipinski definition) is 0. The average Bonchev–Trinajstić information content (AvgIpc) is 3.23. The van der Waals surface area contributed by atoms with Crippen LogP contribution in [0.2, 0.25) is 5.02 Å². The molecule has 1 saturated heterocycles. The number of ketones is 1. The molecule has 0 bridgehead atoms. The minimum Gasteiger partial charge on any atom is -0.368 e. The Balaban J connectivity index is 1.99. The molecule has 0 spiro atoms. The molecule has 2 aromatic carbocycles. The number of epoxide rings is 1. The van der Waals surface area contributed by atoms with Crippen molar-refractivity contribution in [2.75, 3.05) is 6.61 Å². The lowest BCUT2D eigenvalue weighted by Crippen LogP contribution is -2.04. The molecular weight excluding hydrogens is 248 g/mol. The van der Waals surface area contributed by atoms with Gasteiger partial charge in [0.2, 0.25) is 0 Å². The fourth-order valence-corrected chi connectivity index (χ4v) is 2.09. The summed E-state index contributed by atoms with van der Waals surface area (Å²) in [7, 11) is 0. The Morgan fingerprint density at radius 3 is 2.44 bits per heavy atom. The highest BCUT2D eigenvalue weighted by Gasteiger charge is 2.29. The lowest BCUT2D eigenvalue weighted by Gasteiger charge is -2.06. The zero-order valence-electron chi connectivity index (χ0n) is 9.60. The summed E-state index contributed by atoms with van der Waals surface area (Å²) in [6.07, 6.45) is 0.0810. The largest absolute Gasteiger partial charge is 0.368 e. The van der Waals surface area contributed by atoms with Gasteiger partial charge < -0.3 is 4.74 Å². The molecule has 3 rings (SSSR count). The molecule has 0 radical (unpaired) electrons. The predicted octanol–water partition coefficient (Wildman–Crippen LogP) is 3.64. The van der Waals surface area contributed by atoms with Crippen molar-refractivity contribution in [2.24, 2.45) is 0 Å². The number of carbonyl (C=O) groups is 1. The molecule has 3 heteroatoms. The number of halogens is 1. The lowest BCUT2D eigenvalue weighted by atomic mass is 9.97. The number of carbonyl (C=O) groups excluding carboxylic acids is 1. The van der Waals surface area contributed by atoms with Gasteiger partial charge in [0, 0.05) is 16.1 Å². The molecular formula is C15H11ClO2. The van der Waals surface area contributed by atoms with Crippen molar-refractivity contribution in [3.05, 3.63) is 70.2 Å². The number of hydrogen-bond acceptors (Lipinski definition) is 2. The second-order valence-corrected chi connectivity index (χ2v) is 4.68. The second-order valence-electron chi connectivity index (χ2n) is 4.25. The summed E-state index contributed by atoms with van der Waals surface area (Å²) in [5.41, 5.74) is 2.33. The van der Waals surface area contributed by atoms with E-state index in [4.69, 9.17) is 16.3 Å². The minimum atomic E-state index is 0.0118. The monoisotopic (exact) mass is 258 g/mol. The maximum absolute atomic E-state index is 12.4. The molecule has 1 unspecified atom stereocenters. The van der Waals surface area contributed by atoms with Gasteiger partial charge in [-0.15, -0.1) is 0 Å². The molecule has 0 amide bonds. The maximum Gasteiger partial charge on any atom is 0.193 e. The van der Waals surface area contributed by atoms with Crippen molar-refractivity contribution in [2.45, 2.75) is 6.10 Å². The summed E-state index contributed by atoms with van der Waals surface area (Å²) in [6.45, 7) is 0.699. The summed E-state index contributed by atoms with van der Waals surface area (Å²) in [4.78, 5) is 12.4. The molecule has 1 atom stereocenters. The van der Waals surface area contributed by atoms with E-state index in [-0.39, 0.29) is 11.9 Å². The molecule has 1 aliphatic heterocycles. The van der Waals surface area contributed by atoms with Gasteiger partial charge in [-0.1, -0.05) is 35.9 Å². The lowest BCUT2D eigenvalue weighted by molar-refractivity contribution is 0.103. The summed E-state index contributed by atoms with van der Waals surface area (Å²) >= 11 is 5.82. The first-order chi connectivity index (χ1) is 8.75. The SMILES string of the molecule is O=C(c1ccc(Cl)cc1)c1ccccc1C1CO1. The van der Waals surface area contributed by atoms with Crippen LogP contribution in [0.25, 0.3) is 0 Å². The van der Waals surface area contributed by atoms with Gasteiger partial charge >= 0.3 is 0 Å². The first kappa shape index (κ1) is 11.5. The zero-order chi connectivity index (χ0) is 12.5. The summed E-state index contributed by atoms with van der Waals surface area (Å²) in [5, 5.41) is 0.630. The molecule has 1 heterocycles. The molecule has 0 aliphatic carbocycles. The molecule has 1 fully saturated rings. The third kappa shape index (κ3) is 2.17. The van der Waals surface area contributed by atoms with Crippen molar-refractivity contribution in [1.82, 2.24) is 0 Å². The van der Waals surface area contributed by atoms with Gasteiger partial charge in [-0.2, -0.15) is 0 Å². The van der Waals surface area contributed by atoms with Crippen molar-refractivity contribution >= 4 is 17.4 Å². The van der Waals surface area contributed by atoms with E-state index in [0.29, 0.717) is 22.8 Å². The van der Waals surface area contributed by atoms with E-state index in [1.54, 1.807) is 24.3 Å². The Bertz CT molecular complexity index is 586. The van der Waals surface area contributed by atoms with Gasteiger partial charge in [0.1, 0.15) is 6.10 Å². The van der Waals surface area contributed by atoms with Crippen LogP contribution in [0.4, 0.5) is 0 Å². The zero-order valence-corrected chi connectivity index (χ0v) is 10.4. The van der Waals surface area contributed by atoms with E-state index < -0.39 is 0 Å². The maximum atomic E-state index is 12.4. The van der Waals surface area contributed by atoms with Gasteiger partial charge in [-0.25, -0.2) is 0 Å². The second kappa shape index (κ2) is 4.56. The molecule has 2 nitrogen and oxygen atoms in total. The van der Waals surface area contributed by atoms with E-state index in [9.17, 15) is 4.79 Å². The van der Waals surface area contributed by atoms with Crippen molar-refractivity contribution in [3.63, 3.8) is 0 Å². The molecule has 90 valence electrons. The molecule has 2 aromatic rings. The van der Waals surface area contributed by atoms with E-state index in [1.165, 1.54) is 0 Å². The summed E-state index contributed by atoms with van der Waals surface area (Å²) < 4.78 is 5.27. The van der Waals surface area contributed by atoms with Crippen molar-refractivity contribution in [1.29, 1.82) is 0 Å². The molecule has 0 saturated carbocycles. The Morgan fingerprint density at radius 1 is 1.11 bits per heavy atom. The van der Waals surface area contributed by atoms with Crippen LogP contribution in [-0.4, -0.2) is 12.4 Å². The highest BCUT2D eigenvalue weighted by atomic mass is 35.5. The van der Waals surface area contributed by atoms with Gasteiger partial charge in [0.05, 0.1) is 6.61 Å². The van der Waals surface area contributed by atoms with Crippen LogP contribution >= 0.6 is 11.6 Å². The Kier molecular flexibility index (Phi) is 2.90. The van der Waals surface area contributed by atoms with Crippen LogP contribution in [0, 0.1) is 0 Å². The van der Waals surface area contributed by atoms with Crippen molar-refractivity contribution < 1.29 is 9.53 Å². The van der Waals surface area contributed by atoms with E-state index in [2.05, 4.69) is 0 Å². The highest BCUT2D eigenvalue weighted by Crippen LogP contribution is 2.33. The Morgan fingerprint density at radius 2 is 1.78 bits per heavy atom. The third-order valence-corrected chi connectivity index (χ3v) is 3.24. The van der Waals surface area contributed by atoms with Crippen LogP contribution in [0.3, 0.4) is 0 Å². The van der Waals surface area contributed by atoms with Crippen LogP contribution in [0.5, 0.6) is 0 Å². The van der Waals surface area contributed by atoms with Crippen LogP contribution in [-0.2, 0) is 4.74 Å². The summed E-state index contributed by atoms with van der Waals surface area (Å²) in [6, 6.07) is 14.5. The van der Waals surface area contributed by atoms with Crippen molar-refractivity contribution in [3.8, 4) is 0 Å². The quantitative estimate of drug-likeness (QED) is 0.621. The summed E-state index contributed by atoms with van der Waals surface area (Å²) in [5.74, 6) is 0.0118. The normalized spacial score (nSPS) is 17.5. The van der Waals surface area contributed by atoms with Gasteiger partial charge in [0.25, 0.3) is 0 Å². The first-order valence-corrected chi connectivity index (χ1v) is 6.14. The van der Waals surface area contributed by atoms with Crippen LogP contribution < -0.4 is 0 Å². The number of benzene rings is 2. The Hall–Kier alpha value is -1.64. The van der Waals surface area contributed by atoms with Gasteiger partial charge in [-0.05, 0) is 29.8 Å². The fraction of sp³-hybridized carbons (Fsp3) is 0.133. The smallest absolute Gasteiger partial charge is 0.193 e. The van der Waals surface area contributed by atoms with Gasteiger partial charge in [-0.3, -0.25) is 4.79 Å². The van der Waals surface area contributed by atoms with Gasteiger partial charge in [0.15, 0.2) is 5.78 Å². The minimum absolute atomic E-state index is 0.0118. The number of rotatable bonds is 3. The molecule has 18 heavy (non-hydrogen) atoms. The third-order valence-electron chi connectivity index (χ3n) is 2.99. The number of ether oxygens (including phenoxy) is 1. The molecule has 1 aliphatic rings. The first-order valence-electron chi connectivity index (χ1n) is 5.76. The Labute approximate surface area is 110 Å². The molecule has 0 aromatic heterocycles. The average molecular weight is 259 g/mol. The highest BCUT2D eigenvalue weighted by molar-refractivity contribution is 6.30. The molecule has 0 N–H and O–H groups in total. The van der Waals surface area contributed by atoms with E-state index in [1.807, 2.05) is 24.3 Å². The standard InChI is InChI=1S/C15H11ClO2/c16-11-7-5-10(6-8-11)15(17)13-4-2-1-3-12(13)14-9-18-14/h1-8,14H,9H2. The predicted molar refractivity (Wildman–Crippen MR) is 70.0 cm³/mol. The fourth-order valence-electron chi connectivity index (χ4n) is 1.97. The van der Waals surface area contributed by atoms with Crippen LogP contribution in [0.15, 0.2) is 48.5 Å².